The first-order valence-corrected chi connectivity index (χ1v) is 8.43. The van der Waals surface area contributed by atoms with Gasteiger partial charge in [0.2, 0.25) is 0 Å². The Kier molecular flexibility index (Phi) is 4.54. The Morgan fingerprint density at radius 1 is 1.36 bits per heavy atom. The molecule has 2 aromatic heterocycles. The Balaban J connectivity index is 1.56. The molecule has 2 aromatic rings. The molecule has 3 heterocycles. The monoisotopic (exact) mass is 321 g/mol. The number of H-pyrrole nitrogens is 1. The molecule has 6 heteroatoms. The molecule has 120 valence electrons. The molecule has 1 saturated heterocycles. The first kappa shape index (κ1) is 15.6. The Bertz CT molecular complexity index is 639. The average molecular weight is 322 g/mol. The third-order valence-corrected chi connectivity index (χ3v) is 4.57. The lowest BCUT2D eigenvalue weighted by Crippen LogP contribution is -2.47. The molecule has 0 amide bonds. The van der Waals surface area contributed by atoms with Gasteiger partial charge >= 0.3 is 0 Å². The zero-order valence-electron chi connectivity index (χ0n) is 13.6. The Morgan fingerprint density at radius 3 is 2.77 bits per heavy atom. The van der Waals surface area contributed by atoms with Gasteiger partial charge < -0.3 is 4.98 Å². The third-order valence-electron chi connectivity index (χ3n) is 4.25. The van der Waals surface area contributed by atoms with Crippen LogP contribution in [-0.4, -0.2) is 37.7 Å². The molecule has 0 aromatic carbocycles. The number of aromatic nitrogens is 4. The zero-order valence-corrected chi connectivity index (χ0v) is 14.3. The van der Waals surface area contributed by atoms with E-state index in [-0.39, 0.29) is 0 Å². The summed E-state index contributed by atoms with van der Waals surface area (Å²) in [4.78, 5) is 10.2. The fraction of sp³-hybridized carbons (Fsp3) is 0.625. The third kappa shape index (κ3) is 3.20. The number of imidazole rings is 1. The molecule has 0 aliphatic carbocycles. The molecule has 0 spiro atoms. The topological polar surface area (TPSA) is 49.7 Å². The second kappa shape index (κ2) is 6.42. The van der Waals surface area contributed by atoms with E-state index >= 15 is 0 Å². The van der Waals surface area contributed by atoms with Crippen LogP contribution in [0.3, 0.4) is 0 Å². The number of likely N-dealkylation sites (tertiary alicyclic amines) is 1. The van der Waals surface area contributed by atoms with Crippen LogP contribution < -0.4 is 0 Å². The van der Waals surface area contributed by atoms with E-state index in [2.05, 4.69) is 44.6 Å². The van der Waals surface area contributed by atoms with E-state index in [1.54, 1.807) is 0 Å². The molecule has 1 aliphatic rings. The van der Waals surface area contributed by atoms with Gasteiger partial charge in [-0.25, -0.2) is 4.98 Å². The van der Waals surface area contributed by atoms with Crippen molar-refractivity contribution in [3.8, 4) is 0 Å². The van der Waals surface area contributed by atoms with Gasteiger partial charge in [-0.1, -0.05) is 24.9 Å². The van der Waals surface area contributed by atoms with Crippen molar-refractivity contribution < 1.29 is 0 Å². The van der Waals surface area contributed by atoms with E-state index in [0.29, 0.717) is 11.2 Å². The molecule has 0 saturated carbocycles. The van der Waals surface area contributed by atoms with Crippen LogP contribution in [0.15, 0.2) is 6.07 Å². The number of rotatable bonds is 6. The van der Waals surface area contributed by atoms with Gasteiger partial charge in [0.1, 0.15) is 5.82 Å². The SMILES string of the molecule is CCCCc1nc(Cl)c(CN2CC(n3nc(C)cc3C)C2)[nH]1. The molecule has 0 atom stereocenters. The minimum Gasteiger partial charge on any atom is -0.344 e. The minimum atomic E-state index is 0.481. The van der Waals surface area contributed by atoms with Crippen LogP contribution in [-0.2, 0) is 13.0 Å². The number of hydrogen-bond donors (Lipinski definition) is 1. The van der Waals surface area contributed by atoms with E-state index in [4.69, 9.17) is 11.6 Å². The highest BCUT2D eigenvalue weighted by atomic mass is 35.5. The second-order valence-corrected chi connectivity index (χ2v) is 6.63. The summed E-state index contributed by atoms with van der Waals surface area (Å²) in [5.74, 6) is 1.01. The second-order valence-electron chi connectivity index (χ2n) is 6.28. The highest BCUT2D eigenvalue weighted by molar-refractivity contribution is 6.30. The molecule has 0 unspecified atom stereocenters. The summed E-state index contributed by atoms with van der Waals surface area (Å²) in [6.07, 6.45) is 3.29. The molecular formula is C16H24ClN5. The quantitative estimate of drug-likeness (QED) is 0.888. The summed E-state index contributed by atoms with van der Waals surface area (Å²) >= 11 is 6.24. The molecule has 1 N–H and O–H groups in total. The lowest BCUT2D eigenvalue weighted by molar-refractivity contribution is 0.0881. The average Bonchev–Trinajstić information content (AvgIpc) is 2.94. The van der Waals surface area contributed by atoms with Crippen molar-refractivity contribution in [1.29, 1.82) is 0 Å². The van der Waals surface area contributed by atoms with E-state index in [1.165, 1.54) is 12.1 Å². The summed E-state index contributed by atoms with van der Waals surface area (Å²) in [7, 11) is 0. The predicted octanol–water partition coefficient (Wildman–Crippen LogP) is 3.28. The summed E-state index contributed by atoms with van der Waals surface area (Å²) in [6, 6.07) is 2.61. The molecule has 5 nitrogen and oxygen atoms in total. The lowest BCUT2D eigenvalue weighted by Gasteiger charge is -2.39. The van der Waals surface area contributed by atoms with Crippen molar-refractivity contribution in [2.45, 2.75) is 52.6 Å². The normalized spacial score (nSPS) is 16.2. The first-order chi connectivity index (χ1) is 10.6. The number of nitrogens with one attached hydrogen (secondary N) is 1. The van der Waals surface area contributed by atoms with Crippen molar-refractivity contribution in [3.05, 3.63) is 34.1 Å². The van der Waals surface area contributed by atoms with Crippen LogP contribution >= 0.6 is 11.6 Å². The van der Waals surface area contributed by atoms with Crippen molar-refractivity contribution in [2.75, 3.05) is 13.1 Å². The number of aryl methyl sites for hydroxylation is 3. The largest absolute Gasteiger partial charge is 0.344 e. The highest BCUT2D eigenvalue weighted by Crippen LogP contribution is 2.26. The molecule has 22 heavy (non-hydrogen) atoms. The van der Waals surface area contributed by atoms with Crippen LogP contribution in [0.25, 0.3) is 0 Å². The number of aromatic amines is 1. The summed E-state index contributed by atoms with van der Waals surface area (Å²) in [5.41, 5.74) is 3.37. The summed E-state index contributed by atoms with van der Waals surface area (Å²) in [6.45, 7) is 9.22. The van der Waals surface area contributed by atoms with Crippen molar-refractivity contribution >= 4 is 11.6 Å². The van der Waals surface area contributed by atoms with Gasteiger partial charge in [-0.15, -0.1) is 0 Å². The van der Waals surface area contributed by atoms with E-state index < -0.39 is 0 Å². The Morgan fingerprint density at radius 2 is 2.14 bits per heavy atom. The van der Waals surface area contributed by atoms with Crippen molar-refractivity contribution in [2.24, 2.45) is 0 Å². The lowest BCUT2D eigenvalue weighted by atomic mass is 10.1. The van der Waals surface area contributed by atoms with Crippen LogP contribution in [0, 0.1) is 13.8 Å². The Labute approximate surface area is 136 Å². The van der Waals surface area contributed by atoms with Gasteiger partial charge in [-0.3, -0.25) is 9.58 Å². The fourth-order valence-corrected chi connectivity index (χ4v) is 3.28. The van der Waals surface area contributed by atoms with Gasteiger partial charge in [0, 0.05) is 31.7 Å². The number of nitrogens with zero attached hydrogens (tertiary/aromatic N) is 4. The zero-order chi connectivity index (χ0) is 15.7. The van der Waals surface area contributed by atoms with Gasteiger partial charge in [0.15, 0.2) is 5.15 Å². The van der Waals surface area contributed by atoms with Gasteiger partial charge in [0.25, 0.3) is 0 Å². The fourth-order valence-electron chi connectivity index (χ4n) is 3.07. The summed E-state index contributed by atoms with van der Waals surface area (Å²) < 4.78 is 2.15. The maximum Gasteiger partial charge on any atom is 0.151 e. The van der Waals surface area contributed by atoms with Crippen LogP contribution in [0.5, 0.6) is 0 Å². The maximum atomic E-state index is 6.24. The maximum absolute atomic E-state index is 6.24. The molecule has 1 aliphatic heterocycles. The van der Waals surface area contributed by atoms with Gasteiger partial charge in [0.05, 0.1) is 17.4 Å². The van der Waals surface area contributed by atoms with Gasteiger partial charge in [-0.05, 0) is 26.3 Å². The molecule has 1 fully saturated rings. The molecule has 0 radical (unpaired) electrons. The number of hydrogen-bond acceptors (Lipinski definition) is 3. The van der Waals surface area contributed by atoms with Crippen molar-refractivity contribution in [1.82, 2.24) is 24.6 Å². The van der Waals surface area contributed by atoms with E-state index in [0.717, 1.165) is 49.7 Å². The Hall–Kier alpha value is -1.33. The van der Waals surface area contributed by atoms with Crippen LogP contribution in [0.4, 0.5) is 0 Å². The van der Waals surface area contributed by atoms with Crippen LogP contribution in [0.1, 0.15) is 48.7 Å². The highest BCUT2D eigenvalue weighted by Gasteiger charge is 2.30. The predicted molar refractivity (Wildman–Crippen MR) is 88.2 cm³/mol. The van der Waals surface area contributed by atoms with E-state index in [9.17, 15) is 0 Å². The first-order valence-electron chi connectivity index (χ1n) is 8.05. The van der Waals surface area contributed by atoms with Crippen LogP contribution in [0.2, 0.25) is 5.15 Å². The van der Waals surface area contributed by atoms with Gasteiger partial charge in [-0.2, -0.15) is 5.10 Å². The molecular weight excluding hydrogens is 298 g/mol. The van der Waals surface area contributed by atoms with E-state index in [1.807, 2.05) is 6.92 Å². The smallest absolute Gasteiger partial charge is 0.151 e. The minimum absolute atomic E-state index is 0.481. The number of unbranched alkanes of at least 4 members (excludes halogenated alkanes) is 1. The molecule has 0 bridgehead atoms. The molecule has 3 rings (SSSR count). The standard InChI is InChI=1S/C16H24ClN5/c1-4-5-6-15-18-14(16(17)19-15)10-21-8-13(9-21)22-12(3)7-11(2)20-22/h7,13H,4-6,8-10H2,1-3H3,(H,18,19). The van der Waals surface area contributed by atoms with Crippen molar-refractivity contribution in [3.63, 3.8) is 0 Å². The number of halogens is 1. The summed E-state index contributed by atoms with van der Waals surface area (Å²) in [5, 5.41) is 5.20.